The fourth-order valence-corrected chi connectivity index (χ4v) is 2.68. The van der Waals surface area contributed by atoms with E-state index in [1.807, 2.05) is 0 Å². The monoisotopic (exact) mass is 368 g/mol. The van der Waals surface area contributed by atoms with Gasteiger partial charge >= 0.3 is 0 Å². The molecule has 0 bridgehead atoms. The lowest BCUT2D eigenvalue weighted by Gasteiger charge is -2.17. The van der Waals surface area contributed by atoms with Crippen molar-refractivity contribution in [2.75, 3.05) is 30.0 Å². The number of rotatable bonds is 5. The van der Waals surface area contributed by atoms with Gasteiger partial charge in [0, 0.05) is 17.6 Å². The third-order valence-electron chi connectivity index (χ3n) is 3.38. The Morgan fingerprint density at radius 1 is 1.21 bits per heavy atom. The first-order valence-electron chi connectivity index (χ1n) is 6.91. The van der Waals surface area contributed by atoms with Gasteiger partial charge in [-0.1, -0.05) is 17.7 Å². The molecular formula is C16H17ClN2O4S. The van der Waals surface area contributed by atoms with E-state index in [1.54, 1.807) is 36.4 Å². The molecule has 0 aliphatic heterocycles. The highest BCUT2D eigenvalue weighted by Crippen LogP contribution is 2.28. The summed E-state index contributed by atoms with van der Waals surface area (Å²) in [5, 5.41) is 3.16. The zero-order valence-corrected chi connectivity index (χ0v) is 15.0. The van der Waals surface area contributed by atoms with Crippen molar-refractivity contribution in [1.82, 2.24) is 0 Å². The standard InChI is InChI=1S/C16H17ClN2O4S/c1-19(24(3,21)22)13-6-4-5-11(9-13)16(20)18-14-10-12(17)7-8-15(14)23-2/h4-10H,1-3H3,(H,18,20). The molecule has 0 aliphatic rings. The van der Waals surface area contributed by atoms with E-state index < -0.39 is 15.9 Å². The fourth-order valence-electron chi connectivity index (χ4n) is 2.01. The van der Waals surface area contributed by atoms with E-state index in [4.69, 9.17) is 16.3 Å². The Bertz CT molecular complexity index is 868. The lowest BCUT2D eigenvalue weighted by Crippen LogP contribution is -2.25. The molecule has 0 radical (unpaired) electrons. The van der Waals surface area contributed by atoms with Gasteiger partial charge < -0.3 is 10.1 Å². The number of benzene rings is 2. The van der Waals surface area contributed by atoms with Crippen LogP contribution >= 0.6 is 11.6 Å². The maximum Gasteiger partial charge on any atom is 0.255 e. The molecule has 2 rings (SSSR count). The summed E-state index contributed by atoms with van der Waals surface area (Å²) in [6.07, 6.45) is 1.09. The van der Waals surface area contributed by atoms with Crippen LogP contribution in [0.15, 0.2) is 42.5 Å². The Morgan fingerprint density at radius 3 is 2.54 bits per heavy atom. The van der Waals surface area contributed by atoms with Crippen LogP contribution in [0.4, 0.5) is 11.4 Å². The van der Waals surface area contributed by atoms with Crippen molar-refractivity contribution in [3.63, 3.8) is 0 Å². The van der Waals surface area contributed by atoms with E-state index in [9.17, 15) is 13.2 Å². The van der Waals surface area contributed by atoms with Gasteiger partial charge in [-0.2, -0.15) is 0 Å². The molecule has 0 saturated carbocycles. The predicted molar refractivity (Wildman–Crippen MR) is 95.6 cm³/mol. The molecule has 1 N–H and O–H groups in total. The van der Waals surface area contributed by atoms with E-state index >= 15 is 0 Å². The van der Waals surface area contributed by atoms with Crippen LogP contribution in [0.3, 0.4) is 0 Å². The summed E-state index contributed by atoms with van der Waals surface area (Å²) in [5.74, 6) is 0.0662. The molecule has 0 fully saturated rings. The maximum absolute atomic E-state index is 12.4. The summed E-state index contributed by atoms with van der Waals surface area (Å²) < 4.78 is 29.5. The lowest BCUT2D eigenvalue weighted by molar-refractivity contribution is 0.102. The summed E-state index contributed by atoms with van der Waals surface area (Å²) in [5.41, 5.74) is 1.13. The number of halogens is 1. The van der Waals surface area contributed by atoms with Gasteiger partial charge in [-0.15, -0.1) is 0 Å². The number of hydrogen-bond acceptors (Lipinski definition) is 4. The fraction of sp³-hybridized carbons (Fsp3) is 0.188. The largest absolute Gasteiger partial charge is 0.495 e. The van der Waals surface area contributed by atoms with Crippen LogP contribution in [0.5, 0.6) is 5.75 Å². The van der Waals surface area contributed by atoms with Gasteiger partial charge in [0.2, 0.25) is 10.0 Å². The molecule has 1 amide bonds. The van der Waals surface area contributed by atoms with Crippen LogP contribution in [-0.2, 0) is 10.0 Å². The maximum atomic E-state index is 12.4. The van der Waals surface area contributed by atoms with Gasteiger partial charge in [0.1, 0.15) is 5.75 Å². The van der Waals surface area contributed by atoms with Gasteiger partial charge in [0.15, 0.2) is 0 Å². The van der Waals surface area contributed by atoms with Crippen LogP contribution in [-0.4, -0.2) is 34.7 Å². The number of anilines is 2. The number of hydrogen-bond donors (Lipinski definition) is 1. The van der Waals surface area contributed by atoms with Crippen molar-refractivity contribution in [2.45, 2.75) is 0 Å². The first-order valence-corrected chi connectivity index (χ1v) is 9.14. The zero-order chi connectivity index (χ0) is 17.9. The molecule has 128 valence electrons. The van der Waals surface area contributed by atoms with Crippen molar-refractivity contribution in [1.29, 1.82) is 0 Å². The summed E-state index contributed by atoms with van der Waals surface area (Å²) in [4.78, 5) is 12.4. The van der Waals surface area contributed by atoms with E-state index in [1.165, 1.54) is 20.2 Å². The molecule has 0 heterocycles. The minimum atomic E-state index is -3.41. The second-order valence-corrected chi connectivity index (χ2v) is 7.53. The predicted octanol–water partition coefficient (Wildman–Crippen LogP) is 3.00. The molecule has 24 heavy (non-hydrogen) atoms. The summed E-state index contributed by atoms with van der Waals surface area (Å²) in [6, 6.07) is 11.2. The third kappa shape index (κ3) is 4.18. The molecule has 2 aromatic carbocycles. The van der Waals surface area contributed by atoms with Crippen molar-refractivity contribution in [3.05, 3.63) is 53.1 Å². The van der Waals surface area contributed by atoms with Gasteiger partial charge in [-0.3, -0.25) is 9.10 Å². The number of amides is 1. The third-order valence-corrected chi connectivity index (χ3v) is 4.82. The molecule has 0 saturated heterocycles. The van der Waals surface area contributed by atoms with Gasteiger partial charge in [-0.05, 0) is 36.4 Å². The van der Waals surface area contributed by atoms with Crippen molar-refractivity contribution >= 4 is 38.9 Å². The van der Waals surface area contributed by atoms with Crippen LogP contribution in [0, 0.1) is 0 Å². The van der Waals surface area contributed by atoms with Crippen molar-refractivity contribution in [2.24, 2.45) is 0 Å². The van der Waals surface area contributed by atoms with Gasteiger partial charge in [-0.25, -0.2) is 8.42 Å². The zero-order valence-electron chi connectivity index (χ0n) is 13.4. The van der Waals surface area contributed by atoms with E-state index in [-0.39, 0.29) is 0 Å². The van der Waals surface area contributed by atoms with Crippen molar-refractivity contribution < 1.29 is 17.9 Å². The average Bonchev–Trinajstić information content (AvgIpc) is 2.53. The lowest BCUT2D eigenvalue weighted by atomic mass is 10.2. The normalized spacial score (nSPS) is 11.0. The van der Waals surface area contributed by atoms with Gasteiger partial charge in [0.25, 0.3) is 5.91 Å². The van der Waals surface area contributed by atoms with Crippen molar-refractivity contribution in [3.8, 4) is 5.75 Å². The topological polar surface area (TPSA) is 75.7 Å². The highest BCUT2D eigenvalue weighted by atomic mass is 35.5. The molecule has 0 unspecified atom stereocenters. The SMILES string of the molecule is COc1ccc(Cl)cc1NC(=O)c1cccc(N(C)S(C)(=O)=O)c1. The van der Waals surface area contributed by atoms with Crippen LogP contribution < -0.4 is 14.4 Å². The van der Waals surface area contributed by atoms with E-state index in [0.29, 0.717) is 27.7 Å². The number of ether oxygens (including phenoxy) is 1. The molecule has 6 nitrogen and oxygen atoms in total. The summed E-state index contributed by atoms with van der Waals surface area (Å²) >= 11 is 5.94. The molecule has 0 atom stereocenters. The first-order chi connectivity index (χ1) is 11.2. The minimum absolute atomic E-state index is 0.310. The number of nitrogens with zero attached hydrogens (tertiary/aromatic N) is 1. The smallest absolute Gasteiger partial charge is 0.255 e. The Morgan fingerprint density at radius 2 is 1.92 bits per heavy atom. The molecule has 0 spiro atoms. The number of methoxy groups -OCH3 is 1. The van der Waals surface area contributed by atoms with Crippen LogP contribution in [0.1, 0.15) is 10.4 Å². The Kier molecular flexibility index (Phi) is 5.36. The van der Waals surface area contributed by atoms with Gasteiger partial charge in [0.05, 0.1) is 24.7 Å². The number of carbonyl (C=O) groups is 1. The Balaban J connectivity index is 2.30. The second kappa shape index (κ2) is 7.11. The highest BCUT2D eigenvalue weighted by molar-refractivity contribution is 7.92. The number of nitrogens with one attached hydrogen (secondary N) is 1. The molecule has 0 aliphatic carbocycles. The average molecular weight is 369 g/mol. The number of sulfonamides is 1. The summed E-state index contributed by atoms with van der Waals surface area (Å²) in [7, 11) is -0.500. The highest BCUT2D eigenvalue weighted by Gasteiger charge is 2.15. The molecular weight excluding hydrogens is 352 g/mol. The van der Waals surface area contributed by atoms with Crippen LogP contribution in [0.25, 0.3) is 0 Å². The second-order valence-electron chi connectivity index (χ2n) is 5.08. The number of carbonyl (C=O) groups excluding carboxylic acids is 1. The minimum Gasteiger partial charge on any atom is -0.495 e. The Hall–Kier alpha value is -2.25. The Labute approximate surface area is 146 Å². The first kappa shape index (κ1) is 18.1. The molecule has 2 aromatic rings. The quantitative estimate of drug-likeness (QED) is 0.880. The molecule has 8 heteroatoms. The van der Waals surface area contributed by atoms with Crippen LogP contribution in [0.2, 0.25) is 5.02 Å². The van der Waals surface area contributed by atoms with E-state index in [0.717, 1.165) is 10.6 Å². The molecule has 0 aromatic heterocycles. The summed E-state index contributed by atoms with van der Waals surface area (Å²) in [6.45, 7) is 0. The van der Waals surface area contributed by atoms with E-state index in [2.05, 4.69) is 5.32 Å².